The van der Waals surface area contributed by atoms with Crippen LogP contribution in [0.25, 0.3) is 22.3 Å². The van der Waals surface area contributed by atoms with Crippen LogP contribution in [0.4, 0.5) is 45.5 Å². The summed E-state index contributed by atoms with van der Waals surface area (Å²) in [7, 11) is 0. The molecule has 1 saturated carbocycles. The van der Waals surface area contributed by atoms with Crippen molar-refractivity contribution in [3.05, 3.63) is 197 Å². The van der Waals surface area contributed by atoms with Gasteiger partial charge in [-0.15, -0.1) is 0 Å². The molecule has 0 radical (unpaired) electrons. The van der Waals surface area contributed by atoms with E-state index in [9.17, 15) is 0 Å². The molecule has 2 atom stereocenters. The van der Waals surface area contributed by atoms with E-state index in [-0.39, 0.29) is 50.2 Å². The quantitative estimate of drug-likeness (QED) is 0.163. The van der Waals surface area contributed by atoms with E-state index in [1.165, 1.54) is 123 Å². The average molecular weight is 1050 g/mol. The molecule has 1 fully saturated rings. The summed E-state index contributed by atoms with van der Waals surface area (Å²) in [4.78, 5) is 8.29. The molecule has 0 aromatic heterocycles. The largest absolute Gasteiger partial charge is 0.334 e. The summed E-state index contributed by atoms with van der Waals surface area (Å²) in [6, 6.07) is 63.3. The van der Waals surface area contributed by atoms with Gasteiger partial charge >= 0.3 is 0 Å². The molecule has 8 aromatic rings. The van der Waals surface area contributed by atoms with Gasteiger partial charge < -0.3 is 14.7 Å². The summed E-state index contributed by atoms with van der Waals surface area (Å²) in [5, 5.41) is 0. The third-order valence-corrected chi connectivity index (χ3v) is 20.1. The SMILES string of the molecule is CC1(C)CC2(C)c3cc(C(C)(C)C)ccc3N(c3cc4c5c(c3)N3c6cc(ccc6B5c5ccc(C(C)(C)C)cc5N4c4ccc(C(C)(C)C)cc4-c4ccccc4)C(C)(C)c4cccc(c4)-c4cc(C(C)(C)C)ccc43)C2(C)C1. The number of benzene rings is 8. The molecule has 0 spiro atoms. The van der Waals surface area contributed by atoms with Crippen LogP contribution in [0.1, 0.15) is 176 Å². The molecule has 5 aliphatic rings. The van der Waals surface area contributed by atoms with Crippen LogP contribution in [0.15, 0.2) is 158 Å². The number of fused-ring (bicyclic) bond motifs is 13. The van der Waals surface area contributed by atoms with E-state index < -0.39 is 0 Å². The molecule has 406 valence electrons. The van der Waals surface area contributed by atoms with Crippen molar-refractivity contribution >= 4 is 68.6 Å². The molecule has 4 bridgehead atoms. The smallest absolute Gasteiger partial charge is 0.252 e. The second-order valence-corrected chi connectivity index (χ2v) is 30.8. The van der Waals surface area contributed by atoms with Crippen LogP contribution in [-0.4, -0.2) is 12.3 Å². The summed E-state index contributed by atoms with van der Waals surface area (Å²) >= 11 is 0. The number of rotatable bonds is 3. The Morgan fingerprint density at radius 2 is 0.863 bits per heavy atom. The minimum Gasteiger partial charge on any atom is -0.334 e. The highest BCUT2D eigenvalue weighted by molar-refractivity contribution is 7.00. The number of hydrogen-bond donors (Lipinski definition) is 0. The number of nitrogens with zero attached hydrogens (tertiary/aromatic N) is 3. The molecule has 0 saturated heterocycles. The normalized spacial score (nSPS) is 20.2. The lowest BCUT2D eigenvalue weighted by Gasteiger charge is -2.48. The summed E-state index contributed by atoms with van der Waals surface area (Å²) in [6.45, 7) is 43.4. The second kappa shape index (κ2) is 16.9. The topological polar surface area (TPSA) is 9.72 Å². The Balaban J connectivity index is 1.21. The zero-order chi connectivity index (χ0) is 56.8. The van der Waals surface area contributed by atoms with Crippen molar-refractivity contribution in [2.24, 2.45) is 5.41 Å². The van der Waals surface area contributed by atoms with Crippen LogP contribution in [0.3, 0.4) is 0 Å². The summed E-state index contributed by atoms with van der Waals surface area (Å²) < 4.78 is 0. The van der Waals surface area contributed by atoms with Gasteiger partial charge in [-0.1, -0.05) is 221 Å². The molecule has 4 heteroatoms. The third kappa shape index (κ3) is 7.73. The van der Waals surface area contributed by atoms with Gasteiger partial charge in [0.05, 0.1) is 16.9 Å². The lowest BCUT2D eigenvalue weighted by atomic mass is 9.33. The Morgan fingerprint density at radius 1 is 0.388 bits per heavy atom. The number of anilines is 8. The highest BCUT2D eigenvalue weighted by Crippen LogP contribution is 2.68. The van der Waals surface area contributed by atoms with Crippen LogP contribution < -0.4 is 31.1 Å². The molecule has 1 aliphatic carbocycles. The van der Waals surface area contributed by atoms with Crippen molar-refractivity contribution in [2.75, 3.05) is 14.7 Å². The Labute approximate surface area is 480 Å². The highest BCUT2D eigenvalue weighted by Gasteiger charge is 2.64. The fourth-order valence-corrected chi connectivity index (χ4v) is 15.6. The first-order valence-corrected chi connectivity index (χ1v) is 29.9. The van der Waals surface area contributed by atoms with E-state index in [0.717, 1.165) is 12.8 Å². The lowest BCUT2D eigenvalue weighted by Crippen LogP contribution is -2.61. The molecule has 4 aliphatic heterocycles. The van der Waals surface area contributed by atoms with E-state index in [1.807, 2.05) is 0 Å². The molecule has 13 rings (SSSR count). The van der Waals surface area contributed by atoms with Gasteiger partial charge in [0.15, 0.2) is 0 Å². The minimum absolute atomic E-state index is 0.0107. The van der Waals surface area contributed by atoms with Crippen LogP contribution in [0.5, 0.6) is 0 Å². The van der Waals surface area contributed by atoms with E-state index in [4.69, 9.17) is 0 Å². The first-order chi connectivity index (χ1) is 37.4. The summed E-state index contributed by atoms with van der Waals surface area (Å²) in [6.07, 6.45) is 2.18. The van der Waals surface area contributed by atoms with Gasteiger partial charge in [0, 0.05) is 56.1 Å². The highest BCUT2D eigenvalue weighted by atomic mass is 15.3. The fraction of sp³-hybridized carbons (Fsp3) is 0.368. The van der Waals surface area contributed by atoms with Crippen LogP contribution in [0, 0.1) is 5.41 Å². The maximum Gasteiger partial charge on any atom is 0.252 e. The van der Waals surface area contributed by atoms with Crippen LogP contribution in [-0.2, 0) is 32.5 Å². The maximum absolute atomic E-state index is 2.85. The predicted octanol–water partition coefficient (Wildman–Crippen LogP) is 18.9. The van der Waals surface area contributed by atoms with Crippen molar-refractivity contribution in [3.63, 3.8) is 0 Å². The van der Waals surface area contributed by atoms with E-state index in [0.29, 0.717) is 0 Å². The van der Waals surface area contributed by atoms with Gasteiger partial charge in [0.25, 0.3) is 6.71 Å². The van der Waals surface area contributed by atoms with Gasteiger partial charge in [-0.2, -0.15) is 0 Å². The first kappa shape index (κ1) is 52.6. The van der Waals surface area contributed by atoms with Gasteiger partial charge in [0.1, 0.15) is 0 Å². The van der Waals surface area contributed by atoms with Crippen molar-refractivity contribution in [1.29, 1.82) is 0 Å². The summed E-state index contributed by atoms with van der Waals surface area (Å²) in [5.41, 5.74) is 27.8. The number of hydrogen-bond acceptors (Lipinski definition) is 3. The second-order valence-electron chi connectivity index (χ2n) is 30.8. The Bertz CT molecular complexity index is 3880. The summed E-state index contributed by atoms with van der Waals surface area (Å²) in [5.74, 6) is 0. The predicted molar refractivity (Wildman–Crippen MR) is 346 cm³/mol. The molecule has 2 unspecified atom stereocenters. The molecule has 0 amide bonds. The lowest BCUT2D eigenvalue weighted by molar-refractivity contribution is 0.330. The zero-order valence-electron chi connectivity index (χ0n) is 51.3. The monoisotopic (exact) mass is 1050 g/mol. The molecule has 4 heterocycles. The molecular formula is C76H84BN3. The average Bonchev–Trinajstić information content (AvgIpc) is 1.60. The Hall–Kier alpha value is -6.78. The van der Waals surface area contributed by atoms with Gasteiger partial charge in [-0.3, -0.25) is 0 Å². The minimum atomic E-state index is -0.265. The van der Waals surface area contributed by atoms with E-state index in [2.05, 4.69) is 297 Å². The fourth-order valence-electron chi connectivity index (χ4n) is 15.6. The third-order valence-electron chi connectivity index (χ3n) is 20.1. The van der Waals surface area contributed by atoms with Crippen molar-refractivity contribution in [1.82, 2.24) is 0 Å². The van der Waals surface area contributed by atoms with E-state index >= 15 is 0 Å². The van der Waals surface area contributed by atoms with Crippen molar-refractivity contribution in [2.45, 2.75) is 175 Å². The molecule has 8 aromatic carbocycles. The van der Waals surface area contributed by atoms with Crippen LogP contribution in [0.2, 0.25) is 0 Å². The standard InChI is InChI=1S/C76H84BN3/c1-69(2,3)49-29-34-61(56(38-49)47-23-20-19-21-24-47)78-64-41-52(72(10,11)12)27-32-59(64)77-60-33-28-54-42-65(60)79(62-35-30-50(70(4,5)6)39-57(62)48-25-22-26-53(37-48)74(54,15)16)67-44-55(43-66(78)68(67)77)80-63-36-31-51(71(7,8)9)40-58(63)75(17)45-73(13,14)46-76(75,80)18/h19-44H,45-46H2,1-18H3. The van der Waals surface area contributed by atoms with Gasteiger partial charge in [-0.25, -0.2) is 0 Å². The Morgan fingerprint density at radius 3 is 1.44 bits per heavy atom. The zero-order valence-corrected chi connectivity index (χ0v) is 51.3. The molecule has 80 heavy (non-hydrogen) atoms. The van der Waals surface area contributed by atoms with Crippen molar-refractivity contribution in [3.8, 4) is 22.3 Å². The van der Waals surface area contributed by atoms with Gasteiger partial charge in [-0.05, 0) is 168 Å². The molecule has 0 N–H and O–H groups in total. The Kier molecular flexibility index (Phi) is 11.1. The van der Waals surface area contributed by atoms with Crippen molar-refractivity contribution < 1.29 is 0 Å². The first-order valence-electron chi connectivity index (χ1n) is 29.9. The molecule has 3 nitrogen and oxygen atoms in total. The van der Waals surface area contributed by atoms with E-state index in [1.54, 1.807) is 0 Å². The van der Waals surface area contributed by atoms with Gasteiger partial charge in [0.2, 0.25) is 0 Å². The van der Waals surface area contributed by atoms with Crippen LogP contribution >= 0.6 is 0 Å². The maximum atomic E-state index is 2.85. The molecular weight excluding hydrogens is 966 g/mol.